The SMILES string of the molecule is Cc1cccc(N)c1C(=O)OC(C)C(=O)NC1CC1. The van der Waals surface area contributed by atoms with Crippen molar-refractivity contribution >= 4 is 17.6 Å². The number of carbonyl (C=O) groups excluding carboxylic acids is 2. The molecule has 19 heavy (non-hydrogen) atoms. The third-order valence-electron chi connectivity index (χ3n) is 3.09. The molecule has 3 N–H and O–H groups in total. The first-order valence-electron chi connectivity index (χ1n) is 6.35. The lowest BCUT2D eigenvalue weighted by molar-refractivity contribution is -0.129. The highest BCUT2D eigenvalue weighted by Crippen LogP contribution is 2.20. The normalized spacial score (nSPS) is 15.7. The molecule has 1 atom stereocenters. The molecule has 5 nitrogen and oxygen atoms in total. The summed E-state index contributed by atoms with van der Waals surface area (Å²) in [4.78, 5) is 23.7. The summed E-state index contributed by atoms with van der Waals surface area (Å²) in [7, 11) is 0. The van der Waals surface area contributed by atoms with Crippen molar-refractivity contribution in [2.45, 2.75) is 38.8 Å². The molecule has 1 fully saturated rings. The summed E-state index contributed by atoms with van der Waals surface area (Å²) in [5, 5.41) is 2.79. The standard InChI is InChI=1S/C14H18N2O3/c1-8-4-3-5-11(15)12(8)14(18)19-9(2)13(17)16-10-6-7-10/h3-5,9-10H,6-7,15H2,1-2H3,(H,16,17). The molecule has 1 amide bonds. The predicted molar refractivity (Wildman–Crippen MR) is 71.6 cm³/mol. The van der Waals surface area contributed by atoms with E-state index in [1.165, 1.54) is 0 Å². The van der Waals surface area contributed by atoms with Crippen LogP contribution < -0.4 is 11.1 Å². The Morgan fingerprint density at radius 1 is 1.42 bits per heavy atom. The van der Waals surface area contributed by atoms with Crippen LogP contribution in [0.2, 0.25) is 0 Å². The van der Waals surface area contributed by atoms with Crippen molar-refractivity contribution in [3.05, 3.63) is 29.3 Å². The Bertz CT molecular complexity index is 489. The average molecular weight is 262 g/mol. The van der Waals surface area contributed by atoms with Crippen LogP contribution in [-0.4, -0.2) is 24.0 Å². The molecule has 0 aromatic heterocycles. The largest absolute Gasteiger partial charge is 0.449 e. The molecule has 0 spiro atoms. The summed E-state index contributed by atoms with van der Waals surface area (Å²) >= 11 is 0. The van der Waals surface area contributed by atoms with Crippen LogP contribution >= 0.6 is 0 Å². The zero-order chi connectivity index (χ0) is 14.0. The molecule has 0 heterocycles. The molecule has 5 heteroatoms. The number of hydrogen-bond donors (Lipinski definition) is 2. The quantitative estimate of drug-likeness (QED) is 0.635. The fraction of sp³-hybridized carbons (Fsp3) is 0.429. The molecule has 1 aromatic carbocycles. The van der Waals surface area contributed by atoms with Gasteiger partial charge >= 0.3 is 5.97 Å². The number of nitrogen functional groups attached to an aromatic ring is 1. The van der Waals surface area contributed by atoms with Gasteiger partial charge in [0.15, 0.2) is 6.10 Å². The molecule has 1 unspecified atom stereocenters. The minimum absolute atomic E-state index is 0.247. The Hall–Kier alpha value is -2.04. The number of rotatable bonds is 4. The van der Waals surface area contributed by atoms with Gasteiger partial charge in [-0.15, -0.1) is 0 Å². The van der Waals surface area contributed by atoms with Crippen LogP contribution in [0.5, 0.6) is 0 Å². The van der Waals surface area contributed by atoms with Crippen LogP contribution in [0.4, 0.5) is 5.69 Å². The van der Waals surface area contributed by atoms with Gasteiger partial charge in [-0.1, -0.05) is 12.1 Å². The van der Waals surface area contributed by atoms with Gasteiger partial charge in [0.25, 0.3) is 5.91 Å². The first-order valence-corrected chi connectivity index (χ1v) is 6.35. The van der Waals surface area contributed by atoms with Crippen molar-refractivity contribution in [2.75, 3.05) is 5.73 Å². The van der Waals surface area contributed by atoms with Gasteiger partial charge in [-0.05, 0) is 38.3 Å². The van der Waals surface area contributed by atoms with E-state index in [1.54, 1.807) is 32.0 Å². The number of esters is 1. The van der Waals surface area contributed by atoms with E-state index in [-0.39, 0.29) is 11.9 Å². The minimum Gasteiger partial charge on any atom is -0.449 e. The number of anilines is 1. The van der Waals surface area contributed by atoms with Gasteiger partial charge in [-0.2, -0.15) is 0 Å². The first-order chi connectivity index (χ1) is 8.99. The fourth-order valence-corrected chi connectivity index (χ4v) is 1.79. The maximum Gasteiger partial charge on any atom is 0.341 e. The lowest BCUT2D eigenvalue weighted by Crippen LogP contribution is -2.37. The Kier molecular flexibility index (Phi) is 3.74. The summed E-state index contributed by atoms with van der Waals surface area (Å²) in [5.74, 6) is -0.822. The molecular weight excluding hydrogens is 244 g/mol. The third-order valence-corrected chi connectivity index (χ3v) is 3.09. The third kappa shape index (κ3) is 3.24. The molecule has 102 valence electrons. The van der Waals surface area contributed by atoms with E-state index in [0.717, 1.165) is 18.4 Å². The predicted octanol–water partition coefficient (Wildman–Crippen LogP) is 1.40. The molecular formula is C14H18N2O3. The van der Waals surface area contributed by atoms with Crippen molar-refractivity contribution in [3.63, 3.8) is 0 Å². The van der Waals surface area contributed by atoms with Gasteiger partial charge in [0, 0.05) is 11.7 Å². The zero-order valence-electron chi connectivity index (χ0n) is 11.1. The molecule has 0 bridgehead atoms. The second-order valence-corrected chi connectivity index (χ2v) is 4.87. The maximum absolute atomic E-state index is 12.0. The zero-order valence-corrected chi connectivity index (χ0v) is 11.1. The van der Waals surface area contributed by atoms with Crippen molar-refractivity contribution in [1.29, 1.82) is 0 Å². The lowest BCUT2D eigenvalue weighted by atomic mass is 10.1. The summed E-state index contributed by atoms with van der Waals surface area (Å²) in [6.45, 7) is 3.34. The van der Waals surface area contributed by atoms with Crippen molar-refractivity contribution < 1.29 is 14.3 Å². The van der Waals surface area contributed by atoms with Gasteiger partial charge in [0.05, 0.1) is 5.56 Å². The Labute approximate surface area is 112 Å². The minimum atomic E-state index is -0.813. The molecule has 1 aromatic rings. The van der Waals surface area contributed by atoms with Crippen molar-refractivity contribution in [2.24, 2.45) is 0 Å². The van der Waals surface area contributed by atoms with Gasteiger partial charge in [0.1, 0.15) is 0 Å². The van der Waals surface area contributed by atoms with Crippen molar-refractivity contribution in [1.82, 2.24) is 5.32 Å². The number of carbonyl (C=O) groups is 2. The Morgan fingerprint density at radius 2 is 2.11 bits per heavy atom. The molecule has 0 aliphatic heterocycles. The number of aryl methyl sites for hydroxylation is 1. The highest BCUT2D eigenvalue weighted by atomic mass is 16.5. The van der Waals surface area contributed by atoms with Gasteiger partial charge in [-0.25, -0.2) is 4.79 Å². The number of nitrogens with one attached hydrogen (secondary N) is 1. The van der Waals surface area contributed by atoms with E-state index in [0.29, 0.717) is 11.3 Å². The molecule has 0 saturated heterocycles. The van der Waals surface area contributed by atoms with E-state index in [1.807, 2.05) is 0 Å². The maximum atomic E-state index is 12.0. The monoisotopic (exact) mass is 262 g/mol. The molecule has 1 aliphatic carbocycles. The number of nitrogens with two attached hydrogens (primary N) is 1. The summed E-state index contributed by atoms with van der Waals surface area (Å²) in [5.41, 5.74) is 7.19. The van der Waals surface area contributed by atoms with Crippen LogP contribution in [0, 0.1) is 6.92 Å². The number of benzene rings is 1. The molecule has 2 rings (SSSR count). The summed E-state index contributed by atoms with van der Waals surface area (Å²) in [6, 6.07) is 5.43. The Morgan fingerprint density at radius 3 is 2.68 bits per heavy atom. The first kappa shape index (κ1) is 13.4. The smallest absolute Gasteiger partial charge is 0.341 e. The van der Waals surface area contributed by atoms with Gasteiger partial charge in [-0.3, -0.25) is 4.79 Å². The van der Waals surface area contributed by atoms with Gasteiger partial charge in [0.2, 0.25) is 0 Å². The highest BCUT2D eigenvalue weighted by molar-refractivity contribution is 5.98. The van der Waals surface area contributed by atoms with E-state index in [9.17, 15) is 9.59 Å². The van der Waals surface area contributed by atoms with Crippen molar-refractivity contribution in [3.8, 4) is 0 Å². The molecule has 1 saturated carbocycles. The number of hydrogen-bond acceptors (Lipinski definition) is 4. The fourth-order valence-electron chi connectivity index (χ4n) is 1.79. The van der Waals surface area contributed by atoms with Crippen LogP contribution in [0.3, 0.4) is 0 Å². The highest BCUT2D eigenvalue weighted by Gasteiger charge is 2.28. The summed E-state index contributed by atoms with van der Waals surface area (Å²) in [6.07, 6.45) is 1.18. The van der Waals surface area contributed by atoms with E-state index in [4.69, 9.17) is 10.5 Å². The molecule has 1 aliphatic rings. The average Bonchev–Trinajstić information content (AvgIpc) is 3.12. The van der Waals surface area contributed by atoms with Crippen LogP contribution in [0.1, 0.15) is 35.7 Å². The van der Waals surface area contributed by atoms with E-state index in [2.05, 4.69) is 5.32 Å². The van der Waals surface area contributed by atoms with Crippen LogP contribution in [0.25, 0.3) is 0 Å². The van der Waals surface area contributed by atoms with E-state index >= 15 is 0 Å². The lowest BCUT2D eigenvalue weighted by Gasteiger charge is -2.15. The van der Waals surface area contributed by atoms with Crippen LogP contribution in [0.15, 0.2) is 18.2 Å². The Balaban J connectivity index is 2.01. The van der Waals surface area contributed by atoms with Crippen LogP contribution in [-0.2, 0) is 9.53 Å². The van der Waals surface area contributed by atoms with E-state index < -0.39 is 12.1 Å². The topological polar surface area (TPSA) is 81.4 Å². The number of amides is 1. The molecule has 0 radical (unpaired) electrons. The number of ether oxygens (including phenoxy) is 1. The van der Waals surface area contributed by atoms with Gasteiger partial charge < -0.3 is 15.8 Å². The summed E-state index contributed by atoms with van der Waals surface area (Å²) < 4.78 is 5.16. The second-order valence-electron chi connectivity index (χ2n) is 4.87. The second kappa shape index (κ2) is 5.30.